The second kappa shape index (κ2) is 8.45. The molecule has 0 aromatic heterocycles. The number of benzene rings is 1. The highest BCUT2D eigenvalue weighted by Gasteiger charge is 2.37. The second-order valence-corrected chi connectivity index (χ2v) is 6.97. The Morgan fingerprint density at radius 1 is 1.23 bits per heavy atom. The standard InChI is InChI=1S/C20H29FO/c1-2-3-4-8-13-20(14-9-12-18(21)15-20)16-19(22)17-10-6-5-7-11-17/h5-7,10-11,18H,2-4,8-9,12-16H2,1H3. The summed E-state index contributed by atoms with van der Waals surface area (Å²) in [6.07, 6.45) is 8.78. The first-order chi connectivity index (χ1) is 10.7. The fourth-order valence-electron chi connectivity index (χ4n) is 3.84. The summed E-state index contributed by atoms with van der Waals surface area (Å²) >= 11 is 0. The molecular formula is C20H29FO. The molecule has 0 aliphatic heterocycles. The van der Waals surface area contributed by atoms with Crippen LogP contribution in [0.15, 0.2) is 30.3 Å². The number of unbranched alkanes of at least 4 members (excludes halogenated alkanes) is 3. The summed E-state index contributed by atoms with van der Waals surface area (Å²) in [5, 5.41) is 0. The van der Waals surface area contributed by atoms with Gasteiger partial charge >= 0.3 is 0 Å². The molecule has 0 heterocycles. The average Bonchev–Trinajstić information content (AvgIpc) is 2.52. The van der Waals surface area contributed by atoms with E-state index in [1.54, 1.807) is 0 Å². The summed E-state index contributed by atoms with van der Waals surface area (Å²) in [5.74, 6) is 0.185. The molecule has 2 atom stereocenters. The van der Waals surface area contributed by atoms with E-state index in [-0.39, 0.29) is 11.2 Å². The fraction of sp³-hybridized carbons (Fsp3) is 0.650. The van der Waals surface area contributed by atoms with Gasteiger partial charge in [-0.3, -0.25) is 4.79 Å². The number of alkyl halides is 1. The van der Waals surface area contributed by atoms with E-state index in [0.717, 1.165) is 31.2 Å². The maximum Gasteiger partial charge on any atom is 0.163 e. The normalized spacial score (nSPS) is 25.1. The minimum atomic E-state index is -0.719. The Labute approximate surface area is 134 Å². The number of carbonyl (C=O) groups is 1. The Balaban J connectivity index is 2.02. The Morgan fingerprint density at radius 3 is 2.68 bits per heavy atom. The van der Waals surface area contributed by atoms with E-state index < -0.39 is 6.17 Å². The molecule has 0 amide bonds. The molecule has 1 fully saturated rings. The van der Waals surface area contributed by atoms with Crippen LogP contribution in [0, 0.1) is 5.41 Å². The largest absolute Gasteiger partial charge is 0.294 e. The van der Waals surface area contributed by atoms with Crippen LogP contribution in [0.25, 0.3) is 0 Å². The van der Waals surface area contributed by atoms with Gasteiger partial charge in [-0.1, -0.05) is 62.9 Å². The van der Waals surface area contributed by atoms with Gasteiger partial charge in [-0.15, -0.1) is 0 Å². The van der Waals surface area contributed by atoms with Crippen LogP contribution in [0.4, 0.5) is 4.39 Å². The second-order valence-electron chi connectivity index (χ2n) is 6.97. The minimum Gasteiger partial charge on any atom is -0.294 e. The predicted molar refractivity (Wildman–Crippen MR) is 89.9 cm³/mol. The van der Waals surface area contributed by atoms with Gasteiger partial charge in [0.1, 0.15) is 6.17 Å². The molecule has 2 heteroatoms. The lowest BCUT2D eigenvalue weighted by Crippen LogP contribution is -2.32. The topological polar surface area (TPSA) is 17.1 Å². The number of carbonyl (C=O) groups excluding carboxylic acids is 1. The zero-order chi connectivity index (χ0) is 15.8. The van der Waals surface area contributed by atoms with Crippen LogP contribution >= 0.6 is 0 Å². The molecule has 2 rings (SSSR count). The minimum absolute atomic E-state index is 0.0989. The van der Waals surface area contributed by atoms with Crippen molar-refractivity contribution in [3.63, 3.8) is 0 Å². The van der Waals surface area contributed by atoms with Crippen LogP contribution in [-0.4, -0.2) is 12.0 Å². The van der Waals surface area contributed by atoms with Gasteiger partial charge in [0.15, 0.2) is 5.78 Å². The lowest BCUT2D eigenvalue weighted by molar-refractivity contribution is 0.0673. The van der Waals surface area contributed by atoms with E-state index in [1.807, 2.05) is 30.3 Å². The molecule has 22 heavy (non-hydrogen) atoms. The van der Waals surface area contributed by atoms with Crippen molar-refractivity contribution in [2.45, 2.75) is 77.3 Å². The highest BCUT2D eigenvalue weighted by atomic mass is 19.1. The van der Waals surface area contributed by atoms with Crippen molar-refractivity contribution < 1.29 is 9.18 Å². The van der Waals surface area contributed by atoms with Crippen LogP contribution in [0.5, 0.6) is 0 Å². The highest BCUT2D eigenvalue weighted by Crippen LogP contribution is 2.45. The van der Waals surface area contributed by atoms with Crippen LogP contribution in [-0.2, 0) is 0 Å². The number of hydrogen-bond acceptors (Lipinski definition) is 1. The zero-order valence-corrected chi connectivity index (χ0v) is 13.8. The number of ketones is 1. The molecule has 2 unspecified atom stereocenters. The van der Waals surface area contributed by atoms with Crippen molar-refractivity contribution in [3.8, 4) is 0 Å². The van der Waals surface area contributed by atoms with Crippen molar-refractivity contribution in [2.75, 3.05) is 0 Å². The Morgan fingerprint density at radius 2 is 2.00 bits per heavy atom. The first-order valence-corrected chi connectivity index (χ1v) is 8.87. The summed E-state index contributed by atoms with van der Waals surface area (Å²) in [5.41, 5.74) is 0.676. The monoisotopic (exact) mass is 304 g/mol. The molecule has 0 bridgehead atoms. The van der Waals surface area contributed by atoms with Gasteiger partial charge in [-0.2, -0.15) is 0 Å². The first-order valence-electron chi connectivity index (χ1n) is 8.87. The third-order valence-corrected chi connectivity index (χ3v) is 5.07. The van der Waals surface area contributed by atoms with Gasteiger partial charge in [0.25, 0.3) is 0 Å². The summed E-state index contributed by atoms with van der Waals surface area (Å²) in [4.78, 5) is 12.6. The van der Waals surface area contributed by atoms with Crippen molar-refractivity contribution in [3.05, 3.63) is 35.9 Å². The summed E-state index contributed by atoms with van der Waals surface area (Å²) in [6, 6.07) is 9.49. The van der Waals surface area contributed by atoms with E-state index in [9.17, 15) is 9.18 Å². The first kappa shape index (κ1) is 17.2. The maximum atomic E-state index is 14.0. The molecule has 1 aromatic carbocycles. The number of halogens is 1. The smallest absolute Gasteiger partial charge is 0.163 e. The van der Waals surface area contributed by atoms with E-state index in [1.165, 1.54) is 19.3 Å². The summed E-state index contributed by atoms with van der Waals surface area (Å²) in [6.45, 7) is 2.20. The van der Waals surface area contributed by atoms with Gasteiger partial charge < -0.3 is 0 Å². The fourth-order valence-corrected chi connectivity index (χ4v) is 3.84. The van der Waals surface area contributed by atoms with Crippen molar-refractivity contribution >= 4 is 5.78 Å². The van der Waals surface area contributed by atoms with E-state index >= 15 is 0 Å². The van der Waals surface area contributed by atoms with Crippen molar-refractivity contribution in [1.29, 1.82) is 0 Å². The quantitative estimate of drug-likeness (QED) is 0.417. The molecule has 1 aliphatic rings. The Bertz CT molecular complexity index is 456. The summed E-state index contributed by atoms with van der Waals surface area (Å²) in [7, 11) is 0. The zero-order valence-electron chi connectivity index (χ0n) is 13.8. The SMILES string of the molecule is CCCCCCC1(CC(=O)c2ccccc2)CCCC(F)C1. The lowest BCUT2D eigenvalue weighted by atomic mass is 9.67. The number of rotatable bonds is 8. The van der Waals surface area contributed by atoms with Gasteiger partial charge in [0.05, 0.1) is 0 Å². The van der Waals surface area contributed by atoms with Crippen LogP contribution in [0.2, 0.25) is 0 Å². The van der Waals surface area contributed by atoms with Crippen LogP contribution in [0.3, 0.4) is 0 Å². The number of hydrogen-bond donors (Lipinski definition) is 0. The molecule has 0 N–H and O–H groups in total. The van der Waals surface area contributed by atoms with Gasteiger partial charge in [-0.25, -0.2) is 4.39 Å². The van der Waals surface area contributed by atoms with Crippen LogP contribution < -0.4 is 0 Å². The van der Waals surface area contributed by atoms with E-state index in [2.05, 4.69) is 6.92 Å². The Hall–Kier alpha value is -1.18. The number of Topliss-reactive ketones (excluding diaryl/α,β-unsaturated/α-hetero) is 1. The molecule has 0 spiro atoms. The average molecular weight is 304 g/mol. The predicted octanol–water partition coefficient (Wildman–Crippen LogP) is 6.13. The van der Waals surface area contributed by atoms with Gasteiger partial charge in [0, 0.05) is 12.0 Å². The lowest BCUT2D eigenvalue weighted by Gasteiger charge is -2.38. The molecule has 1 aliphatic carbocycles. The van der Waals surface area contributed by atoms with Crippen LogP contribution in [0.1, 0.15) is 81.5 Å². The third kappa shape index (κ3) is 4.93. The molecular weight excluding hydrogens is 275 g/mol. The molecule has 122 valence electrons. The highest BCUT2D eigenvalue weighted by molar-refractivity contribution is 5.96. The molecule has 0 radical (unpaired) electrons. The van der Waals surface area contributed by atoms with Crippen molar-refractivity contribution in [1.82, 2.24) is 0 Å². The Kier molecular flexibility index (Phi) is 6.60. The van der Waals surface area contributed by atoms with Crippen molar-refractivity contribution in [2.24, 2.45) is 5.41 Å². The molecule has 1 saturated carbocycles. The maximum absolute atomic E-state index is 14.0. The summed E-state index contributed by atoms with van der Waals surface area (Å²) < 4.78 is 14.0. The van der Waals surface area contributed by atoms with E-state index in [4.69, 9.17) is 0 Å². The van der Waals surface area contributed by atoms with E-state index in [0.29, 0.717) is 19.3 Å². The van der Waals surface area contributed by atoms with Gasteiger partial charge in [0.2, 0.25) is 0 Å². The molecule has 1 aromatic rings. The van der Waals surface area contributed by atoms with Gasteiger partial charge in [-0.05, 0) is 37.5 Å². The molecule has 1 nitrogen and oxygen atoms in total. The third-order valence-electron chi connectivity index (χ3n) is 5.07. The molecule has 0 saturated heterocycles.